The third kappa shape index (κ3) is 5.86. The van der Waals surface area contributed by atoms with Gasteiger partial charge in [-0.1, -0.05) is 51.8 Å². The number of hydrogen-bond donors (Lipinski definition) is 0. The lowest BCUT2D eigenvalue weighted by Gasteiger charge is -2.27. The Labute approximate surface area is 192 Å². The van der Waals surface area contributed by atoms with Crippen molar-refractivity contribution in [2.75, 3.05) is 19.1 Å². The number of anilines is 1. The molecule has 0 heterocycles. The third-order valence-electron chi connectivity index (χ3n) is 4.74. The fourth-order valence-electron chi connectivity index (χ4n) is 3.15. The number of ether oxygens (including phenoxy) is 2. The maximum atomic E-state index is 13.3. The molecule has 0 atom stereocenters. The Bertz CT molecular complexity index is 952. The molecule has 0 unspecified atom stereocenters. The fourth-order valence-corrected chi connectivity index (χ4v) is 4.26. The van der Waals surface area contributed by atoms with Crippen LogP contribution < -0.4 is 14.4 Å². The number of hydrogen-bond acceptors (Lipinski definition) is 3. The van der Waals surface area contributed by atoms with Gasteiger partial charge in [0, 0.05) is 23.2 Å². The predicted octanol–water partition coefficient (Wildman–Crippen LogP) is 7.35. The van der Waals surface area contributed by atoms with E-state index in [1.807, 2.05) is 53.4 Å². The van der Waals surface area contributed by atoms with Crippen LogP contribution in [0, 0.1) is 0 Å². The lowest BCUT2D eigenvalue weighted by molar-refractivity contribution is -0.138. The van der Waals surface area contributed by atoms with Gasteiger partial charge in [0.1, 0.15) is 11.5 Å². The standard InChI is InChI=1S/C23H20BrClF3NO2/c1-30-18-7-3-15(4-8-18)13-29(14-16-5-9-19(31-2)10-6-16)17-11-20(24)22(21(25)12-17)23(26,27)28/h3-12H,13-14H2,1-2H3. The van der Waals surface area contributed by atoms with Gasteiger partial charge in [0.05, 0.1) is 24.8 Å². The molecule has 0 radical (unpaired) electrons. The molecular formula is C23H20BrClF3NO2. The van der Waals surface area contributed by atoms with Gasteiger partial charge in [-0.15, -0.1) is 0 Å². The summed E-state index contributed by atoms with van der Waals surface area (Å²) in [6.07, 6.45) is -4.55. The van der Waals surface area contributed by atoms with Crippen molar-refractivity contribution >= 4 is 33.2 Å². The van der Waals surface area contributed by atoms with Crippen molar-refractivity contribution < 1.29 is 22.6 Å². The van der Waals surface area contributed by atoms with Crippen LogP contribution in [0.25, 0.3) is 0 Å². The average Bonchev–Trinajstić information content (AvgIpc) is 2.72. The number of rotatable bonds is 7. The summed E-state index contributed by atoms with van der Waals surface area (Å²) in [4.78, 5) is 1.96. The van der Waals surface area contributed by atoms with Crippen molar-refractivity contribution in [3.63, 3.8) is 0 Å². The monoisotopic (exact) mass is 513 g/mol. The van der Waals surface area contributed by atoms with E-state index in [0.29, 0.717) is 18.8 Å². The molecule has 0 saturated heterocycles. The molecule has 31 heavy (non-hydrogen) atoms. The quantitative estimate of drug-likeness (QED) is 0.329. The topological polar surface area (TPSA) is 21.7 Å². The molecule has 3 aromatic rings. The maximum absolute atomic E-state index is 13.3. The summed E-state index contributed by atoms with van der Waals surface area (Å²) in [5.41, 5.74) is 1.63. The van der Waals surface area contributed by atoms with Crippen LogP contribution in [-0.2, 0) is 19.3 Å². The first kappa shape index (κ1) is 23.3. The number of nitrogens with zero attached hydrogens (tertiary/aromatic N) is 1. The minimum atomic E-state index is -4.55. The van der Waals surface area contributed by atoms with Crippen LogP contribution >= 0.6 is 27.5 Å². The summed E-state index contributed by atoms with van der Waals surface area (Å²) in [5.74, 6) is 1.46. The summed E-state index contributed by atoms with van der Waals surface area (Å²) in [6, 6.07) is 17.8. The van der Waals surface area contributed by atoms with Crippen LogP contribution in [0.3, 0.4) is 0 Å². The first-order valence-electron chi connectivity index (χ1n) is 9.28. The summed E-state index contributed by atoms with van der Waals surface area (Å²) < 4.78 is 50.3. The van der Waals surface area contributed by atoms with Crippen LogP contribution in [-0.4, -0.2) is 14.2 Å². The summed E-state index contributed by atoms with van der Waals surface area (Å²) >= 11 is 9.09. The molecule has 0 saturated carbocycles. The number of methoxy groups -OCH3 is 2. The van der Waals surface area contributed by atoms with Crippen molar-refractivity contribution in [1.29, 1.82) is 0 Å². The van der Waals surface area contributed by atoms with Gasteiger partial charge >= 0.3 is 6.18 Å². The maximum Gasteiger partial charge on any atom is 0.418 e. The van der Waals surface area contributed by atoms with E-state index in [2.05, 4.69) is 15.9 Å². The number of halogens is 5. The van der Waals surface area contributed by atoms with Gasteiger partial charge in [0.2, 0.25) is 0 Å². The zero-order chi connectivity index (χ0) is 22.6. The summed E-state index contributed by atoms with van der Waals surface area (Å²) in [5, 5.41) is -0.355. The molecule has 0 fully saturated rings. The molecule has 3 aromatic carbocycles. The van der Waals surface area contributed by atoms with Gasteiger partial charge in [0.15, 0.2) is 0 Å². The molecule has 3 nitrogen and oxygen atoms in total. The van der Waals surface area contributed by atoms with E-state index in [0.717, 1.165) is 22.6 Å². The SMILES string of the molecule is COc1ccc(CN(Cc2ccc(OC)cc2)c2cc(Cl)c(C(F)(F)F)c(Br)c2)cc1. The molecule has 0 N–H and O–H groups in total. The first-order chi connectivity index (χ1) is 14.7. The highest BCUT2D eigenvalue weighted by molar-refractivity contribution is 9.10. The van der Waals surface area contributed by atoms with Crippen molar-refractivity contribution in [2.24, 2.45) is 0 Å². The molecule has 164 valence electrons. The Morgan fingerprint density at radius 3 is 1.65 bits per heavy atom. The first-order valence-corrected chi connectivity index (χ1v) is 10.5. The summed E-state index contributed by atoms with van der Waals surface area (Å²) in [7, 11) is 3.18. The third-order valence-corrected chi connectivity index (χ3v) is 5.66. The zero-order valence-corrected chi connectivity index (χ0v) is 19.2. The van der Waals surface area contributed by atoms with E-state index >= 15 is 0 Å². The molecule has 0 spiro atoms. The van der Waals surface area contributed by atoms with Crippen molar-refractivity contribution in [3.05, 3.63) is 86.8 Å². The molecule has 0 bridgehead atoms. The molecule has 0 aliphatic carbocycles. The molecular weight excluding hydrogens is 495 g/mol. The summed E-state index contributed by atoms with van der Waals surface area (Å²) in [6.45, 7) is 0.925. The minimum absolute atomic E-state index is 0.100. The molecule has 0 aromatic heterocycles. The van der Waals surface area contributed by atoms with E-state index in [-0.39, 0.29) is 9.50 Å². The Balaban J connectivity index is 1.97. The van der Waals surface area contributed by atoms with Gasteiger partial charge in [-0.3, -0.25) is 0 Å². The predicted molar refractivity (Wildman–Crippen MR) is 120 cm³/mol. The highest BCUT2D eigenvalue weighted by atomic mass is 79.9. The van der Waals surface area contributed by atoms with Crippen LogP contribution in [0.4, 0.5) is 18.9 Å². The van der Waals surface area contributed by atoms with Crippen molar-refractivity contribution in [1.82, 2.24) is 0 Å². The van der Waals surface area contributed by atoms with Gasteiger partial charge in [0.25, 0.3) is 0 Å². The van der Waals surface area contributed by atoms with Gasteiger partial charge < -0.3 is 14.4 Å². The second kappa shape index (κ2) is 9.83. The highest BCUT2D eigenvalue weighted by Gasteiger charge is 2.36. The lowest BCUT2D eigenvalue weighted by Crippen LogP contribution is -2.22. The smallest absolute Gasteiger partial charge is 0.418 e. The number of benzene rings is 3. The van der Waals surface area contributed by atoms with Gasteiger partial charge in [-0.2, -0.15) is 13.2 Å². The molecule has 0 aliphatic heterocycles. The van der Waals surface area contributed by atoms with Gasteiger partial charge in [-0.25, -0.2) is 0 Å². The van der Waals surface area contributed by atoms with Crippen LogP contribution in [0.2, 0.25) is 5.02 Å². The second-order valence-electron chi connectivity index (χ2n) is 6.83. The fraction of sp³-hybridized carbons (Fsp3) is 0.217. The van der Waals surface area contributed by atoms with Crippen LogP contribution in [0.15, 0.2) is 65.1 Å². The Morgan fingerprint density at radius 1 is 0.839 bits per heavy atom. The second-order valence-corrected chi connectivity index (χ2v) is 8.10. The lowest BCUT2D eigenvalue weighted by atomic mass is 10.1. The molecule has 3 rings (SSSR count). The van der Waals surface area contributed by atoms with E-state index in [1.165, 1.54) is 12.1 Å². The van der Waals surface area contributed by atoms with Crippen LogP contribution in [0.1, 0.15) is 16.7 Å². The average molecular weight is 515 g/mol. The molecule has 8 heteroatoms. The van der Waals surface area contributed by atoms with Crippen molar-refractivity contribution in [2.45, 2.75) is 19.3 Å². The molecule has 0 aliphatic rings. The highest BCUT2D eigenvalue weighted by Crippen LogP contribution is 2.42. The zero-order valence-electron chi connectivity index (χ0n) is 16.8. The Hall–Kier alpha value is -2.38. The van der Waals surface area contributed by atoms with E-state index in [4.69, 9.17) is 21.1 Å². The number of alkyl halides is 3. The largest absolute Gasteiger partial charge is 0.497 e. The molecule has 0 amide bonds. The van der Waals surface area contributed by atoms with E-state index in [1.54, 1.807) is 14.2 Å². The Kier molecular flexibility index (Phi) is 7.38. The van der Waals surface area contributed by atoms with E-state index < -0.39 is 11.7 Å². The normalized spacial score (nSPS) is 11.3. The van der Waals surface area contributed by atoms with Crippen molar-refractivity contribution in [3.8, 4) is 11.5 Å². The van der Waals surface area contributed by atoms with Gasteiger partial charge in [-0.05, 0) is 47.5 Å². The minimum Gasteiger partial charge on any atom is -0.497 e. The Morgan fingerprint density at radius 2 is 1.29 bits per heavy atom. The van der Waals surface area contributed by atoms with Crippen LogP contribution in [0.5, 0.6) is 11.5 Å². The van der Waals surface area contributed by atoms with E-state index in [9.17, 15) is 13.2 Å².